The largest absolute Gasteiger partial charge is 0.481 e. The minimum atomic E-state index is -3.06. The number of hydrogen-bond donors (Lipinski definition) is 3. The molecule has 4 rings (SSSR count). The zero-order valence-electron chi connectivity index (χ0n) is 17.5. The minimum Gasteiger partial charge on any atom is -0.481 e. The number of carbonyl (C=O) groups is 3. The fraction of sp³-hybridized carbons (Fsp3) is 0.217. The summed E-state index contributed by atoms with van der Waals surface area (Å²) in [5.41, 5.74) is 4.06. The maximum absolute atomic E-state index is 12.9. The number of fused-ring (bicyclic) bond motifs is 3. The molecule has 0 aliphatic heterocycles. The van der Waals surface area contributed by atoms with Crippen molar-refractivity contribution in [3.8, 4) is 11.1 Å². The Kier molecular flexibility index (Phi) is 6.82. The van der Waals surface area contributed by atoms with Gasteiger partial charge in [0.05, 0.1) is 6.42 Å². The molecule has 11 heteroatoms. The fourth-order valence-electron chi connectivity index (χ4n) is 3.79. The number of aromatic nitrogens is 1. The fourth-order valence-corrected chi connectivity index (χ4v) is 4.47. The summed E-state index contributed by atoms with van der Waals surface area (Å²) >= 11 is 0.903. The highest BCUT2D eigenvalue weighted by molar-refractivity contribution is 7.14. The van der Waals surface area contributed by atoms with Gasteiger partial charge < -0.3 is 15.2 Å². The quantitative estimate of drug-likeness (QED) is 0.435. The second-order valence-electron chi connectivity index (χ2n) is 7.50. The molecule has 8 nitrogen and oxygen atoms in total. The third-order valence-electron chi connectivity index (χ3n) is 5.30. The molecule has 2 aromatic carbocycles. The number of carboxylic acids is 1. The molecule has 3 N–H and O–H groups in total. The zero-order chi connectivity index (χ0) is 24.2. The summed E-state index contributed by atoms with van der Waals surface area (Å²) in [6.45, 7) is 0.0871. The summed E-state index contributed by atoms with van der Waals surface area (Å²) in [6.07, 6.45) is -4.77. The van der Waals surface area contributed by atoms with Crippen LogP contribution in [0.4, 0.5) is 18.7 Å². The normalized spacial score (nSPS) is 13.1. The van der Waals surface area contributed by atoms with Gasteiger partial charge in [0.25, 0.3) is 12.3 Å². The zero-order valence-corrected chi connectivity index (χ0v) is 18.4. The smallest absolute Gasteiger partial charge is 0.413 e. The molecule has 34 heavy (non-hydrogen) atoms. The maximum Gasteiger partial charge on any atom is 0.413 e. The summed E-state index contributed by atoms with van der Waals surface area (Å²) in [5.74, 6) is -2.57. The third-order valence-corrected chi connectivity index (χ3v) is 6.06. The molecule has 0 saturated heterocycles. The Morgan fingerprint density at radius 2 is 1.68 bits per heavy atom. The average Bonchev–Trinajstić information content (AvgIpc) is 3.39. The first-order valence-electron chi connectivity index (χ1n) is 10.2. The molecule has 2 amide bonds. The van der Waals surface area contributed by atoms with Crippen LogP contribution < -0.4 is 10.6 Å². The number of ether oxygens (including phenoxy) is 1. The summed E-state index contributed by atoms with van der Waals surface area (Å²) in [7, 11) is 0. The molecule has 0 fully saturated rings. The van der Waals surface area contributed by atoms with Gasteiger partial charge in [0.1, 0.15) is 18.3 Å². The van der Waals surface area contributed by atoms with E-state index >= 15 is 0 Å². The summed E-state index contributed by atoms with van der Waals surface area (Å²) in [5, 5.41) is 14.4. The number of alkyl halides is 2. The van der Waals surface area contributed by atoms with Crippen molar-refractivity contribution in [2.24, 2.45) is 0 Å². The molecule has 176 valence electrons. The van der Waals surface area contributed by atoms with Crippen LogP contribution in [0.3, 0.4) is 0 Å². The number of rotatable bonds is 8. The van der Waals surface area contributed by atoms with Crippen molar-refractivity contribution in [3.63, 3.8) is 0 Å². The average molecular weight is 487 g/mol. The van der Waals surface area contributed by atoms with Gasteiger partial charge in [-0.05, 0) is 22.3 Å². The van der Waals surface area contributed by atoms with Gasteiger partial charge in [0.15, 0.2) is 5.13 Å². The van der Waals surface area contributed by atoms with E-state index in [0.717, 1.165) is 33.6 Å². The van der Waals surface area contributed by atoms with E-state index in [1.807, 2.05) is 53.8 Å². The second kappa shape index (κ2) is 9.96. The Labute approximate surface area is 196 Å². The van der Waals surface area contributed by atoms with E-state index in [1.165, 1.54) is 5.38 Å². The van der Waals surface area contributed by atoms with Gasteiger partial charge in [-0.25, -0.2) is 18.6 Å². The predicted molar refractivity (Wildman–Crippen MR) is 120 cm³/mol. The van der Waals surface area contributed by atoms with E-state index in [9.17, 15) is 23.2 Å². The summed E-state index contributed by atoms with van der Waals surface area (Å²) < 4.78 is 31.3. The van der Waals surface area contributed by atoms with Crippen molar-refractivity contribution in [1.82, 2.24) is 10.3 Å². The van der Waals surface area contributed by atoms with Crippen molar-refractivity contribution in [2.45, 2.75) is 24.8 Å². The van der Waals surface area contributed by atoms with Crippen LogP contribution in [0.1, 0.15) is 34.0 Å². The number of carboxylic acid groups (broad SMARTS) is 1. The molecule has 0 spiro atoms. The van der Waals surface area contributed by atoms with Crippen molar-refractivity contribution < 1.29 is 33.0 Å². The van der Waals surface area contributed by atoms with Crippen molar-refractivity contribution in [3.05, 3.63) is 70.7 Å². The molecule has 1 atom stereocenters. The summed E-state index contributed by atoms with van der Waals surface area (Å²) in [6, 6.07) is 13.9. The molecule has 1 heterocycles. The number of amides is 2. The van der Waals surface area contributed by atoms with Crippen LogP contribution in [-0.2, 0) is 9.53 Å². The molecular formula is C23H19F2N3O5S. The van der Waals surface area contributed by atoms with E-state index in [1.54, 1.807) is 0 Å². The first-order valence-corrected chi connectivity index (χ1v) is 11.1. The third kappa shape index (κ3) is 5.04. The molecule has 1 aliphatic rings. The molecule has 1 aliphatic carbocycles. The number of nitrogens with one attached hydrogen (secondary N) is 2. The first-order chi connectivity index (χ1) is 16.3. The van der Waals surface area contributed by atoms with Gasteiger partial charge in [0, 0.05) is 11.3 Å². The minimum absolute atomic E-state index is 0.0363. The van der Waals surface area contributed by atoms with Gasteiger partial charge >= 0.3 is 12.1 Å². The standard InChI is InChI=1S/C23H19F2N3O5S/c24-20(25)17(9-19(29)30)26-21(31)18-11-34-22(27-18)28-23(32)33-10-16-14-7-3-1-5-12(14)13-6-2-4-8-15(13)16/h1-8,11,16-17,20H,9-10H2,(H,26,31)(H,29,30)(H,27,28,32). The lowest BCUT2D eigenvalue weighted by molar-refractivity contribution is -0.138. The van der Waals surface area contributed by atoms with E-state index in [4.69, 9.17) is 9.84 Å². The van der Waals surface area contributed by atoms with Crippen LogP contribution in [0.2, 0.25) is 0 Å². The number of nitrogens with zero attached hydrogens (tertiary/aromatic N) is 1. The van der Waals surface area contributed by atoms with E-state index < -0.39 is 36.9 Å². The molecule has 3 aromatic rings. The van der Waals surface area contributed by atoms with Crippen molar-refractivity contribution >= 4 is 34.4 Å². The Hall–Kier alpha value is -3.86. The Morgan fingerprint density at radius 3 is 2.26 bits per heavy atom. The van der Waals surface area contributed by atoms with Gasteiger partial charge in [-0.1, -0.05) is 48.5 Å². The molecular weight excluding hydrogens is 468 g/mol. The lowest BCUT2D eigenvalue weighted by Gasteiger charge is -2.15. The highest BCUT2D eigenvalue weighted by Crippen LogP contribution is 2.44. The molecule has 0 radical (unpaired) electrons. The summed E-state index contributed by atoms with van der Waals surface area (Å²) in [4.78, 5) is 39.1. The molecule has 1 aromatic heterocycles. The Bertz CT molecular complexity index is 1190. The number of anilines is 1. The Balaban J connectivity index is 1.36. The van der Waals surface area contributed by atoms with Crippen molar-refractivity contribution in [2.75, 3.05) is 11.9 Å². The van der Waals surface area contributed by atoms with Crippen LogP contribution in [-0.4, -0.2) is 47.1 Å². The number of halogens is 2. The number of thiazole rings is 1. The van der Waals surface area contributed by atoms with E-state index in [0.29, 0.717) is 0 Å². The SMILES string of the molecule is O=C(O)CC(NC(=O)c1csc(NC(=O)OCC2c3ccccc3-c3ccccc32)n1)C(F)F. The Morgan fingerprint density at radius 1 is 1.06 bits per heavy atom. The lowest BCUT2D eigenvalue weighted by Crippen LogP contribution is -2.41. The van der Waals surface area contributed by atoms with Gasteiger partial charge in [0.2, 0.25) is 0 Å². The van der Waals surface area contributed by atoms with E-state index in [-0.39, 0.29) is 23.4 Å². The first kappa shape index (κ1) is 23.3. The van der Waals surface area contributed by atoms with Crippen molar-refractivity contribution in [1.29, 1.82) is 0 Å². The van der Waals surface area contributed by atoms with Crippen LogP contribution in [0, 0.1) is 0 Å². The molecule has 0 saturated carbocycles. The van der Waals surface area contributed by atoms with E-state index in [2.05, 4.69) is 10.3 Å². The topological polar surface area (TPSA) is 118 Å². The number of hydrogen-bond acceptors (Lipinski definition) is 6. The highest BCUT2D eigenvalue weighted by atomic mass is 32.1. The number of benzene rings is 2. The van der Waals surface area contributed by atoms with Gasteiger partial charge in [-0.3, -0.25) is 14.9 Å². The van der Waals surface area contributed by atoms with Crippen LogP contribution in [0.25, 0.3) is 11.1 Å². The van der Waals surface area contributed by atoms with Crippen LogP contribution in [0.5, 0.6) is 0 Å². The predicted octanol–water partition coefficient (Wildman–Crippen LogP) is 4.34. The number of aliphatic carboxylic acids is 1. The highest BCUT2D eigenvalue weighted by Gasteiger charge is 2.29. The van der Waals surface area contributed by atoms with Gasteiger partial charge in [-0.15, -0.1) is 11.3 Å². The van der Waals surface area contributed by atoms with Gasteiger partial charge in [-0.2, -0.15) is 0 Å². The lowest BCUT2D eigenvalue weighted by atomic mass is 9.98. The maximum atomic E-state index is 12.9. The molecule has 0 bridgehead atoms. The van der Waals surface area contributed by atoms with Crippen LogP contribution >= 0.6 is 11.3 Å². The molecule has 1 unspecified atom stereocenters. The van der Waals surface area contributed by atoms with Crippen LogP contribution in [0.15, 0.2) is 53.9 Å². The number of carbonyl (C=O) groups excluding carboxylic acids is 2. The second-order valence-corrected chi connectivity index (χ2v) is 8.36. The monoisotopic (exact) mass is 487 g/mol.